The number of hydrogen-bond donors (Lipinski definition) is 1. The van der Waals surface area contributed by atoms with Crippen molar-refractivity contribution < 1.29 is 19.2 Å². The Kier molecular flexibility index (Phi) is 5.22. The summed E-state index contributed by atoms with van der Waals surface area (Å²) in [7, 11) is 1.38. The van der Waals surface area contributed by atoms with E-state index >= 15 is 0 Å². The number of hydrogen-bond acceptors (Lipinski definition) is 5. The maximum absolute atomic E-state index is 12.3. The summed E-state index contributed by atoms with van der Waals surface area (Å²) in [6.45, 7) is 6.31. The second-order valence-corrected chi connectivity index (χ2v) is 6.34. The highest BCUT2D eigenvalue weighted by Crippen LogP contribution is 2.43. The summed E-state index contributed by atoms with van der Waals surface area (Å²) in [5.74, 6) is -0.310. The zero-order chi connectivity index (χ0) is 15.5. The van der Waals surface area contributed by atoms with E-state index < -0.39 is 11.5 Å². The van der Waals surface area contributed by atoms with Crippen molar-refractivity contribution in [2.24, 2.45) is 11.8 Å². The van der Waals surface area contributed by atoms with Gasteiger partial charge in [0.2, 0.25) is 5.91 Å². The molecule has 1 amide bonds. The molecule has 21 heavy (non-hydrogen) atoms. The van der Waals surface area contributed by atoms with Crippen LogP contribution in [0.1, 0.15) is 39.5 Å². The van der Waals surface area contributed by atoms with Crippen LogP contribution in [0.2, 0.25) is 0 Å². The van der Waals surface area contributed by atoms with E-state index in [0.717, 1.165) is 32.4 Å². The molecule has 2 saturated heterocycles. The third kappa shape index (κ3) is 3.21. The Morgan fingerprint density at radius 2 is 2.10 bits per heavy atom. The van der Waals surface area contributed by atoms with E-state index in [9.17, 15) is 9.59 Å². The maximum Gasteiger partial charge on any atom is 0.311 e. The van der Waals surface area contributed by atoms with Crippen LogP contribution in [0, 0.1) is 11.8 Å². The average Bonchev–Trinajstić information content (AvgIpc) is 2.72. The first-order chi connectivity index (χ1) is 10.0. The molecule has 0 bridgehead atoms. The van der Waals surface area contributed by atoms with Crippen molar-refractivity contribution in [2.45, 2.75) is 45.1 Å². The molecule has 1 spiro atoms. The van der Waals surface area contributed by atoms with Gasteiger partial charge in [-0.3, -0.25) is 14.4 Å². The minimum absolute atomic E-state index is 0.101. The molecule has 2 heterocycles. The van der Waals surface area contributed by atoms with Crippen LogP contribution in [0.15, 0.2) is 0 Å². The third-order valence-corrected chi connectivity index (χ3v) is 4.53. The van der Waals surface area contributed by atoms with Crippen LogP contribution >= 0.6 is 0 Å². The summed E-state index contributed by atoms with van der Waals surface area (Å²) >= 11 is 0. The number of nitrogens with zero attached hydrogens (tertiary/aromatic N) is 1. The monoisotopic (exact) mass is 298 g/mol. The fourth-order valence-corrected chi connectivity index (χ4v) is 3.27. The van der Waals surface area contributed by atoms with Crippen LogP contribution in [0.5, 0.6) is 0 Å². The lowest BCUT2D eigenvalue weighted by Gasteiger charge is -2.43. The molecule has 1 atom stereocenters. The topological polar surface area (TPSA) is 67.9 Å². The van der Waals surface area contributed by atoms with Crippen molar-refractivity contribution in [3.8, 4) is 0 Å². The zero-order valence-electron chi connectivity index (χ0n) is 13.2. The van der Waals surface area contributed by atoms with Gasteiger partial charge in [-0.1, -0.05) is 13.8 Å². The highest BCUT2D eigenvalue weighted by atomic mass is 16.7. The molecule has 0 saturated carbocycles. The van der Waals surface area contributed by atoms with Gasteiger partial charge < -0.3 is 10.1 Å². The number of piperidine rings is 1. The molecule has 2 aliphatic heterocycles. The Hall–Kier alpha value is -1.14. The van der Waals surface area contributed by atoms with E-state index in [2.05, 4.69) is 19.2 Å². The summed E-state index contributed by atoms with van der Waals surface area (Å²) < 4.78 is 4.91. The van der Waals surface area contributed by atoms with Crippen molar-refractivity contribution in [1.29, 1.82) is 0 Å². The molecule has 6 heteroatoms. The van der Waals surface area contributed by atoms with E-state index in [1.807, 2.05) is 0 Å². The molecule has 6 nitrogen and oxygen atoms in total. The largest absolute Gasteiger partial charge is 0.469 e. The number of ether oxygens (including phenoxy) is 1. The molecule has 2 fully saturated rings. The first-order valence-corrected chi connectivity index (χ1v) is 7.76. The molecule has 1 N–H and O–H groups in total. The van der Waals surface area contributed by atoms with Crippen molar-refractivity contribution >= 4 is 11.9 Å². The predicted octanol–water partition coefficient (Wildman–Crippen LogP) is 1.11. The lowest BCUT2D eigenvalue weighted by molar-refractivity contribution is -0.221. The van der Waals surface area contributed by atoms with Crippen LogP contribution in [-0.4, -0.2) is 49.3 Å². The van der Waals surface area contributed by atoms with Gasteiger partial charge in [-0.2, -0.15) is 0 Å². The van der Waals surface area contributed by atoms with Crippen LogP contribution in [0.25, 0.3) is 0 Å². The molecule has 120 valence electrons. The van der Waals surface area contributed by atoms with Crippen molar-refractivity contribution in [2.75, 3.05) is 26.8 Å². The van der Waals surface area contributed by atoms with Gasteiger partial charge in [0.05, 0.1) is 25.2 Å². The molecular weight excluding hydrogens is 272 g/mol. The van der Waals surface area contributed by atoms with Crippen LogP contribution in [0.3, 0.4) is 0 Å². The lowest BCUT2D eigenvalue weighted by Crippen LogP contribution is -2.56. The molecule has 0 aliphatic carbocycles. The van der Waals surface area contributed by atoms with Gasteiger partial charge in [0.25, 0.3) is 0 Å². The number of methoxy groups -OCH3 is 1. The highest BCUT2D eigenvalue weighted by molar-refractivity contribution is 5.88. The van der Waals surface area contributed by atoms with Crippen molar-refractivity contribution in [3.63, 3.8) is 0 Å². The fraction of sp³-hybridized carbons (Fsp3) is 0.867. The smallest absolute Gasteiger partial charge is 0.311 e. The Morgan fingerprint density at radius 1 is 1.43 bits per heavy atom. The normalized spacial score (nSPS) is 24.9. The lowest BCUT2D eigenvalue weighted by atomic mass is 9.78. The van der Waals surface area contributed by atoms with Gasteiger partial charge in [0.15, 0.2) is 0 Å². The summed E-state index contributed by atoms with van der Waals surface area (Å²) in [4.78, 5) is 30.2. The summed E-state index contributed by atoms with van der Waals surface area (Å²) in [6, 6.07) is 0. The second kappa shape index (κ2) is 6.75. The number of rotatable bonds is 5. The first kappa shape index (κ1) is 16.2. The molecule has 0 aromatic rings. The van der Waals surface area contributed by atoms with Crippen LogP contribution in [-0.2, 0) is 19.2 Å². The number of nitrogens with one attached hydrogen (secondary N) is 1. The second-order valence-electron chi connectivity index (χ2n) is 6.34. The zero-order valence-corrected chi connectivity index (χ0v) is 13.2. The van der Waals surface area contributed by atoms with Gasteiger partial charge in [-0.05, 0) is 38.3 Å². The fourth-order valence-electron chi connectivity index (χ4n) is 3.27. The quantitative estimate of drug-likeness (QED) is 0.770. The predicted molar refractivity (Wildman–Crippen MR) is 77.2 cm³/mol. The number of carbonyl (C=O) groups excluding carboxylic acids is 2. The first-order valence-electron chi connectivity index (χ1n) is 7.76. The SMILES string of the molecule is COC(=O)[C@@H]1CC(=O)N(OCCC(C)C)C12CCNCC2. The van der Waals surface area contributed by atoms with Crippen LogP contribution < -0.4 is 5.32 Å². The minimum Gasteiger partial charge on any atom is -0.469 e. The van der Waals surface area contributed by atoms with Crippen molar-refractivity contribution in [1.82, 2.24) is 10.4 Å². The van der Waals surface area contributed by atoms with E-state index in [0.29, 0.717) is 12.5 Å². The van der Waals surface area contributed by atoms with E-state index in [4.69, 9.17) is 9.57 Å². The van der Waals surface area contributed by atoms with Gasteiger partial charge >= 0.3 is 5.97 Å². The van der Waals surface area contributed by atoms with E-state index in [1.165, 1.54) is 12.2 Å². The van der Waals surface area contributed by atoms with Gasteiger partial charge in [-0.15, -0.1) is 0 Å². The number of esters is 1. The summed E-state index contributed by atoms with van der Waals surface area (Å²) in [6.07, 6.45) is 2.52. The summed E-state index contributed by atoms with van der Waals surface area (Å²) in [5.41, 5.74) is -0.535. The molecule has 0 unspecified atom stereocenters. The molecule has 2 aliphatic rings. The van der Waals surface area contributed by atoms with Gasteiger partial charge in [-0.25, -0.2) is 5.06 Å². The molecular formula is C15H26N2O4. The number of hydroxylamine groups is 2. The molecule has 0 radical (unpaired) electrons. The van der Waals surface area contributed by atoms with Crippen LogP contribution in [0.4, 0.5) is 0 Å². The Labute approximate surface area is 126 Å². The van der Waals surface area contributed by atoms with Crippen molar-refractivity contribution in [3.05, 3.63) is 0 Å². The number of carbonyl (C=O) groups is 2. The third-order valence-electron chi connectivity index (χ3n) is 4.53. The standard InChI is InChI=1S/C15H26N2O4/c1-11(2)4-9-21-17-13(18)10-12(14(19)20-3)15(17)5-7-16-8-6-15/h11-12,16H,4-10H2,1-3H3/t12-/m0/s1. The van der Waals surface area contributed by atoms with E-state index in [1.54, 1.807) is 0 Å². The molecule has 2 rings (SSSR count). The van der Waals surface area contributed by atoms with Gasteiger partial charge in [0.1, 0.15) is 0 Å². The highest BCUT2D eigenvalue weighted by Gasteiger charge is 2.57. The average molecular weight is 298 g/mol. The minimum atomic E-state index is -0.535. The Bertz CT molecular complexity index is 391. The Balaban J connectivity index is 2.16. The number of amides is 1. The summed E-state index contributed by atoms with van der Waals surface area (Å²) in [5, 5.41) is 4.78. The Morgan fingerprint density at radius 3 is 2.67 bits per heavy atom. The molecule has 0 aromatic heterocycles. The molecule has 0 aromatic carbocycles. The van der Waals surface area contributed by atoms with Gasteiger partial charge in [0, 0.05) is 6.42 Å². The maximum atomic E-state index is 12.3. The van der Waals surface area contributed by atoms with E-state index in [-0.39, 0.29) is 18.3 Å².